The lowest BCUT2D eigenvalue weighted by molar-refractivity contribution is 0.687. The van der Waals surface area contributed by atoms with Gasteiger partial charge in [0.25, 0.3) is 0 Å². The van der Waals surface area contributed by atoms with E-state index in [1.54, 1.807) is 6.26 Å². The predicted octanol–water partition coefficient (Wildman–Crippen LogP) is 4.17. The van der Waals surface area contributed by atoms with Gasteiger partial charge < -0.3 is 4.90 Å². The molecule has 0 N–H and O–H groups in total. The molecule has 0 fully saturated rings. The molecule has 0 saturated carbocycles. The minimum absolute atomic E-state index is 0.799. The van der Waals surface area contributed by atoms with E-state index in [0.29, 0.717) is 0 Å². The number of pyridine rings is 1. The van der Waals surface area contributed by atoms with Crippen molar-refractivity contribution in [3.63, 3.8) is 0 Å². The molecular weight excluding hydrogens is 316 g/mol. The van der Waals surface area contributed by atoms with E-state index in [0.717, 1.165) is 29.1 Å². The fraction of sp³-hybridized carbons (Fsp3) is 0.250. The first-order valence-corrected chi connectivity index (χ1v) is 9.66. The van der Waals surface area contributed by atoms with Gasteiger partial charge in [0.15, 0.2) is 0 Å². The lowest BCUT2D eigenvalue weighted by atomic mass is 10.1. The quantitative estimate of drug-likeness (QED) is 0.700. The van der Waals surface area contributed by atoms with Crippen LogP contribution in [0.5, 0.6) is 0 Å². The van der Waals surface area contributed by atoms with E-state index in [1.807, 2.05) is 18.2 Å². The summed E-state index contributed by atoms with van der Waals surface area (Å²) in [5.74, 6) is 0. The second-order valence-corrected chi connectivity index (χ2v) is 7.34. The van der Waals surface area contributed by atoms with Crippen molar-refractivity contribution < 1.29 is 4.21 Å². The molecule has 0 bridgehead atoms. The molecule has 24 heavy (non-hydrogen) atoms. The SMILES string of the molecule is CCc1cc(N(C)Cc2ccc(S(C)=O)cc2)c2ccccc2n1. The van der Waals surface area contributed by atoms with Gasteiger partial charge >= 0.3 is 0 Å². The average Bonchev–Trinajstić information content (AvgIpc) is 2.61. The van der Waals surface area contributed by atoms with Gasteiger partial charge in [-0.2, -0.15) is 0 Å². The molecular formula is C20H22N2OS. The highest BCUT2D eigenvalue weighted by Gasteiger charge is 2.10. The molecule has 1 atom stereocenters. The molecule has 0 aliphatic rings. The van der Waals surface area contributed by atoms with Crippen molar-refractivity contribution in [3.8, 4) is 0 Å². The molecule has 3 aromatic rings. The van der Waals surface area contributed by atoms with Crippen molar-refractivity contribution in [3.05, 3.63) is 65.9 Å². The first-order valence-electron chi connectivity index (χ1n) is 8.10. The Morgan fingerprint density at radius 1 is 1.08 bits per heavy atom. The van der Waals surface area contributed by atoms with Gasteiger partial charge in [-0.25, -0.2) is 0 Å². The Bertz CT molecular complexity index is 874. The summed E-state index contributed by atoms with van der Waals surface area (Å²) in [7, 11) is 1.17. The van der Waals surface area contributed by atoms with Crippen LogP contribution >= 0.6 is 0 Å². The Balaban J connectivity index is 1.93. The van der Waals surface area contributed by atoms with Gasteiger partial charge in [-0.15, -0.1) is 0 Å². The van der Waals surface area contributed by atoms with Gasteiger partial charge in [-0.3, -0.25) is 9.19 Å². The van der Waals surface area contributed by atoms with Gasteiger partial charge in [0.2, 0.25) is 0 Å². The van der Waals surface area contributed by atoms with Crippen molar-refractivity contribution >= 4 is 27.4 Å². The number of anilines is 1. The average molecular weight is 338 g/mol. The maximum absolute atomic E-state index is 11.5. The number of hydrogen-bond acceptors (Lipinski definition) is 3. The highest BCUT2D eigenvalue weighted by molar-refractivity contribution is 7.84. The maximum atomic E-state index is 11.5. The topological polar surface area (TPSA) is 33.2 Å². The summed E-state index contributed by atoms with van der Waals surface area (Å²) in [6.45, 7) is 2.93. The summed E-state index contributed by atoms with van der Waals surface area (Å²) in [6.07, 6.45) is 2.62. The molecule has 0 amide bonds. The first kappa shape index (κ1) is 16.7. The fourth-order valence-corrected chi connectivity index (χ4v) is 3.37. The molecule has 3 rings (SSSR count). The van der Waals surface area contributed by atoms with Crippen LogP contribution in [0.25, 0.3) is 10.9 Å². The Morgan fingerprint density at radius 3 is 2.46 bits per heavy atom. The number of rotatable bonds is 5. The molecule has 0 saturated heterocycles. The zero-order valence-electron chi connectivity index (χ0n) is 14.3. The Hall–Kier alpha value is -2.20. The second-order valence-electron chi connectivity index (χ2n) is 5.96. The largest absolute Gasteiger partial charge is 0.370 e. The second kappa shape index (κ2) is 7.14. The van der Waals surface area contributed by atoms with E-state index in [-0.39, 0.29) is 0 Å². The first-order chi connectivity index (χ1) is 11.6. The molecule has 4 heteroatoms. The van der Waals surface area contributed by atoms with Crippen LogP contribution in [-0.4, -0.2) is 22.5 Å². The number of aromatic nitrogens is 1. The molecule has 0 aliphatic carbocycles. The standard InChI is InChI=1S/C20H22N2OS/c1-4-16-13-20(18-7-5-6-8-19(18)21-16)22(2)14-15-9-11-17(12-10-15)24(3)23/h5-13H,4,14H2,1-3H3. The fourth-order valence-electron chi connectivity index (χ4n) is 2.85. The summed E-state index contributed by atoms with van der Waals surface area (Å²) in [4.78, 5) is 7.83. The zero-order chi connectivity index (χ0) is 17.1. The predicted molar refractivity (Wildman–Crippen MR) is 102 cm³/mol. The molecule has 0 aliphatic heterocycles. The van der Waals surface area contributed by atoms with Crippen molar-refractivity contribution in [1.82, 2.24) is 4.98 Å². The summed E-state index contributed by atoms with van der Waals surface area (Å²) in [6, 6.07) is 18.4. The molecule has 1 aromatic heterocycles. The van der Waals surface area contributed by atoms with Crippen LogP contribution in [0, 0.1) is 0 Å². The van der Waals surface area contributed by atoms with Gasteiger partial charge in [0.05, 0.1) is 5.52 Å². The highest BCUT2D eigenvalue weighted by atomic mass is 32.2. The van der Waals surface area contributed by atoms with Gasteiger partial charge in [-0.05, 0) is 36.2 Å². The zero-order valence-corrected chi connectivity index (χ0v) is 15.1. The number of benzene rings is 2. The van der Waals surface area contributed by atoms with Gasteiger partial charge in [0, 0.05) is 52.3 Å². The van der Waals surface area contributed by atoms with Crippen molar-refractivity contribution in [2.24, 2.45) is 0 Å². The lowest BCUT2D eigenvalue weighted by Crippen LogP contribution is -2.17. The van der Waals surface area contributed by atoms with E-state index < -0.39 is 10.8 Å². The minimum atomic E-state index is -0.931. The number of aryl methyl sites for hydroxylation is 1. The molecule has 124 valence electrons. The van der Waals surface area contributed by atoms with Gasteiger partial charge in [0.1, 0.15) is 0 Å². The van der Waals surface area contributed by atoms with E-state index in [9.17, 15) is 4.21 Å². The maximum Gasteiger partial charge on any atom is 0.0726 e. The Labute approximate surface area is 145 Å². The normalized spacial score (nSPS) is 12.3. The Kier molecular flexibility index (Phi) is 4.95. The van der Waals surface area contributed by atoms with E-state index in [4.69, 9.17) is 4.98 Å². The van der Waals surface area contributed by atoms with Crippen LogP contribution in [0.4, 0.5) is 5.69 Å². The molecule has 3 nitrogen and oxygen atoms in total. The molecule has 2 aromatic carbocycles. The molecule has 1 heterocycles. The molecule has 0 radical (unpaired) electrons. The van der Waals surface area contributed by atoms with Crippen LogP contribution in [0.15, 0.2) is 59.5 Å². The molecule has 0 spiro atoms. The van der Waals surface area contributed by atoms with Crippen molar-refractivity contribution in [1.29, 1.82) is 0 Å². The smallest absolute Gasteiger partial charge is 0.0726 e. The highest BCUT2D eigenvalue weighted by Crippen LogP contribution is 2.27. The van der Waals surface area contributed by atoms with Crippen LogP contribution in [-0.2, 0) is 23.8 Å². The van der Waals surface area contributed by atoms with E-state index in [1.165, 1.54) is 16.6 Å². The summed E-state index contributed by atoms with van der Waals surface area (Å²) in [5, 5.41) is 1.17. The summed E-state index contributed by atoms with van der Waals surface area (Å²) in [5.41, 5.74) is 4.54. The number of fused-ring (bicyclic) bond motifs is 1. The third-order valence-electron chi connectivity index (χ3n) is 4.20. The number of nitrogens with zero attached hydrogens (tertiary/aromatic N) is 2. The van der Waals surface area contributed by atoms with Crippen LogP contribution < -0.4 is 4.90 Å². The van der Waals surface area contributed by atoms with Crippen LogP contribution in [0.3, 0.4) is 0 Å². The van der Waals surface area contributed by atoms with Crippen LogP contribution in [0.1, 0.15) is 18.2 Å². The van der Waals surface area contributed by atoms with Gasteiger partial charge in [-0.1, -0.05) is 37.3 Å². The summed E-state index contributed by atoms with van der Waals surface area (Å²) < 4.78 is 11.5. The third kappa shape index (κ3) is 3.49. The van der Waals surface area contributed by atoms with Crippen molar-refractivity contribution in [2.45, 2.75) is 24.8 Å². The summed E-state index contributed by atoms with van der Waals surface area (Å²) >= 11 is 0. The monoisotopic (exact) mass is 338 g/mol. The van der Waals surface area contributed by atoms with E-state index in [2.05, 4.69) is 55.3 Å². The molecule has 1 unspecified atom stereocenters. The Morgan fingerprint density at radius 2 is 1.79 bits per heavy atom. The van der Waals surface area contributed by atoms with E-state index >= 15 is 0 Å². The third-order valence-corrected chi connectivity index (χ3v) is 5.13. The number of hydrogen-bond donors (Lipinski definition) is 0. The van der Waals surface area contributed by atoms with Crippen molar-refractivity contribution in [2.75, 3.05) is 18.2 Å². The lowest BCUT2D eigenvalue weighted by Gasteiger charge is -2.22. The van der Waals surface area contributed by atoms with Crippen LogP contribution in [0.2, 0.25) is 0 Å². The minimum Gasteiger partial charge on any atom is -0.370 e. The number of para-hydroxylation sites is 1.